The summed E-state index contributed by atoms with van der Waals surface area (Å²) in [6.45, 7) is 0. The summed E-state index contributed by atoms with van der Waals surface area (Å²) in [5.41, 5.74) is 0.270. The molecule has 1 aliphatic heterocycles. The van der Waals surface area contributed by atoms with Crippen LogP contribution in [0.4, 0.5) is 5.69 Å². The summed E-state index contributed by atoms with van der Waals surface area (Å²) in [4.78, 5) is 27.3. The highest BCUT2D eigenvalue weighted by Gasteiger charge is 2.31. The molecule has 106 valence electrons. The van der Waals surface area contributed by atoms with Crippen molar-refractivity contribution in [3.8, 4) is 5.75 Å². The van der Waals surface area contributed by atoms with Crippen molar-refractivity contribution in [2.45, 2.75) is 12.5 Å². The van der Waals surface area contributed by atoms with Crippen LogP contribution in [-0.2, 0) is 14.4 Å². The summed E-state index contributed by atoms with van der Waals surface area (Å²) >= 11 is 5.93. The molecule has 1 heterocycles. The number of nitrogens with zero attached hydrogens (tertiary/aromatic N) is 1. The maximum Gasteiger partial charge on any atom is 0.353 e. The monoisotopic (exact) mass is 298 g/mol. The van der Waals surface area contributed by atoms with Gasteiger partial charge in [0.2, 0.25) is 6.10 Å². The second kappa shape index (κ2) is 5.79. The van der Waals surface area contributed by atoms with E-state index in [0.29, 0.717) is 16.5 Å². The van der Waals surface area contributed by atoms with Gasteiger partial charge < -0.3 is 20.0 Å². The topological polar surface area (TPSA) is 97.2 Å². The maximum absolute atomic E-state index is 11.9. The molecule has 1 aromatic carbocycles. The molecule has 0 radical (unpaired) electrons. The largest absolute Gasteiger partial charge is 0.495 e. The predicted molar refractivity (Wildman–Crippen MR) is 71.2 cm³/mol. The third kappa shape index (κ3) is 3.00. The second-order valence-corrected chi connectivity index (χ2v) is 4.39. The lowest BCUT2D eigenvalue weighted by Crippen LogP contribution is -2.28. The lowest BCUT2D eigenvalue weighted by Gasteiger charge is -2.10. The zero-order valence-electron chi connectivity index (χ0n) is 10.4. The molecule has 0 saturated carbocycles. The number of carbonyl (C=O) groups excluding carboxylic acids is 1. The number of hydrogen-bond donors (Lipinski definition) is 2. The van der Waals surface area contributed by atoms with E-state index in [1.807, 2.05) is 0 Å². The van der Waals surface area contributed by atoms with Crippen LogP contribution in [0.15, 0.2) is 23.4 Å². The Morgan fingerprint density at radius 2 is 2.30 bits per heavy atom. The van der Waals surface area contributed by atoms with Crippen molar-refractivity contribution < 1.29 is 24.3 Å². The highest BCUT2D eigenvalue weighted by Crippen LogP contribution is 2.27. The Morgan fingerprint density at radius 3 is 2.85 bits per heavy atom. The number of carboxylic acid groups (broad SMARTS) is 1. The number of oxime groups is 1. The fourth-order valence-electron chi connectivity index (χ4n) is 1.61. The molecule has 1 aromatic rings. The van der Waals surface area contributed by atoms with Gasteiger partial charge in [0.05, 0.1) is 12.1 Å². The molecule has 1 amide bonds. The number of benzene rings is 1. The fourth-order valence-corrected chi connectivity index (χ4v) is 1.87. The van der Waals surface area contributed by atoms with Gasteiger partial charge >= 0.3 is 5.97 Å². The minimum Gasteiger partial charge on any atom is -0.495 e. The van der Waals surface area contributed by atoms with Crippen molar-refractivity contribution in [1.29, 1.82) is 0 Å². The molecule has 8 heteroatoms. The van der Waals surface area contributed by atoms with E-state index >= 15 is 0 Å². The smallest absolute Gasteiger partial charge is 0.353 e. The lowest BCUT2D eigenvalue weighted by atomic mass is 10.1. The first-order valence-electron chi connectivity index (χ1n) is 5.61. The Balaban J connectivity index is 1.99. The highest BCUT2D eigenvalue weighted by molar-refractivity contribution is 6.36. The van der Waals surface area contributed by atoms with Gasteiger partial charge in [-0.2, -0.15) is 0 Å². The molecule has 20 heavy (non-hydrogen) atoms. The van der Waals surface area contributed by atoms with Crippen LogP contribution in [-0.4, -0.2) is 35.9 Å². The molecule has 0 spiro atoms. The first-order chi connectivity index (χ1) is 9.51. The van der Waals surface area contributed by atoms with Crippen LogP contribution in [0, 0.1) is 0 Å². The van der Waals surface area contributed by atoms with E-state index in [1.54, 1.807) is 12.1 Å². The van der Waals surface area contributed by atoms with Gasteiger partial charge in [-0.3, -0.25) is 4.79 Å². The molecule has 2 N–H and O–H groups in total. The van der Waals surface area contributed by atoms with Gasteiger partial charge in [-0.1, -0.05) is 16.8 Å². The molecule has 0 aliphatic carbocycles. The molecular formula is C12H11ClN2O5. The second-order valence-electron chi connectivity index (χ2n) is 3.98. The van der Waals surface area contributed by atoms with Gasteiger partial charge in [0.1, 0.15) is 5.75 Å². The van der Waals surface area contributed by atoms with Gasteiger partial charge in [-0.05, 0) is 18.2 Å². The number of nitrogens with one attached hydrogen (secondary N) is 1. The number of halogens is 1. The van der Waals surface area contributed by atoms with Crippen molar-refractivity contribution in [2.24, 2.45) is 5.16 Å². The van der Waals surface area contributed by atoms with Gasteiger partial charge in [0.15, 0.2) is 5.71 Å². The number of carbonyl (C=O) groups is 2. The molecule has 1 atom stereocenters. The predicted octanol–water partition coefficient (Wildman–Crippen LogP) is 1.52. The van der Waals surface area contributed by atoms with Gasteiger partial charge in [0.25, 0.3) is 5.91 Å². The average molecular weight is 299 g/mol. The summed E-state index contributed by atoms with van der Waals surface area (Å²) in [6, 6.07) is 4.73. The third-order valence-electron chi connectivity index (χ3n) is 2.63. The quantitative estimate of drug-likeness (QED) is 0.878. The number of rotatable bonds is 4. The Morgan fingerprint density at radius 1 is 1.55 bits per heavy atom. The van der Waals surface area contributed by atoms with E-state index in [1.165, 1.54) is 13.2 Å². The Labute approximate surface area is 119 Å². The fraction of sp³-hybridized carbons (Fsp3) is 0.250. The Hall–Kier alpha value is -2.28. The van der Waals surface area contributed by atoms with Crippen molar-refractivity contribution >= 4 is 34.9 Å². The van der Waals surface area contributed by atoms with Crippen molar-refractivity contribution in [1.82, 2.24) is 0 Å². The lowest BCUT2D eigenvalue weighted by molar-refractivity contribution is -0.129. The molecule has 0 saturated heterocycles. The number of anilines is 1. The maximum atomic E-state index is 11.9. The van der Waals surface area contributed by atoms with E-state index < -0.39 is 18.0 Å². The molecule has 1 aliphatic rings. The van der Waals surface area contributed by atoms with Crippen LogP contribution in [0.3, 0.4) is 0 Å². The SMILES string of the molecule is COc1ccc(NC(=O)C2CC(C(=O)O)=NO2)cc1Cl. The molecule has 0 fully saturated rings. The van der Waals surface area contributed by atoms with Crippen LogP contribution < -0.4 is 10.1 Å². The first-order valence-corrected chi connectivity index (χ1v) is 5.99. The number of ether oxygens (including phenoxy) is 1. The minimum absolute atomic E-state index is 0.0783. The Kier molecular flexibility index (Phi) is 4.09. The Bertz CT molecular complexity index is 587. The summed E-state index contributed by atoms with van der Waals surface area (Å²) in [5.74, 6) is -1.21. The van der Waals surface area contributed by atoms with Gasteiger partial charge in [-0.15, -0.1) is 0 Å². The van der Waals surface area contributed by atoms with Crippen LogP contribution in [0.2, 0.25) is 5.02 Å². The number of aliphatic carboxylic acids is 1. The number of methoxy groups -OCH3 is 1. The zero-order chi connectivity index (χ0) is 14.7. The normalized spacial score (nSPS) is 17.1. The van der Waals surface area contributed by atoms with Crippen molar-refractivity contribution in [2.75, 3.05) is 12.4 Å². The molecule has 1 unspecified atom stereocenters. The molecule has 0 aromatic heterocycles. The van der Waals surface area contributed by atoms with Crippen LogP contribution >= 0.6 is 11.6 Å². The number of amides is 1. The van der Waals surface area contributed by atoms with E-state index in [0.717, 1.165) is 0 Å². The first kappa shape index (κ1) is 14.1. The minimum atomic E-state index is -1.20. The van der Waals surface area contributed by atoms with Crippen LogP contribution in [0.1, 0.15) is 6.42 Å². The molecule has 2 rings (SSSR count). The van der Waals surface area contributed by atoms with Crippen LogP contribution in [0.25, 0.3) is 0 Å². The molecular weight excluding hydrogens is 288 g/mol. The highest BCUT2D eigenvalue weighted by atomic mass is 35.5. The van der Waals surface area contributed by atoms with Gasteiger partial charge in [0, 0.05) is 12.1 Å². The van der Waals surface area contributed by atoms with E-state index in [4.69, 9.17) is 26.3 Å². The van der Waals surface area contributed by atoms with E-state index in [-0.39, 0.29) is 12.1 Å². The standard InChI is InChI=1S/C12H11ClN2O5/c1-19-9-3-2-6(4-7(9)13)14-11(16)10-5-8(12(17)18)15-20-10/h2-4,10H,5H2,1H3,(H,14,16)(H,17,18). The van der Waals surface area contributed by atoms with Crippen molar-refractivity contribution in [3.63, 3.8) is 0 Å². The summed E-state index contributed by atoms with van der Waals surface area (Å²) in [6.07, 6.45) is -1.03. The van der Waals surface area contributed by atoms with Crippen molar-refractivity contribution in [3.05, 3.63) is 23.2 Å². The number of hydrogen-bond acceptors (Lipinski definition) is 5. The molecule has 7 nitrogen and oxygen atoms in total. The summed E-state index contributed by atoms with van der Waals surface area (Å²) in [7, 11) is 1.48. The zero-order valence-corrected chi connectivity index (χ0v) is 11.2. The van der Waals surface area contributed by atoms with E-state index in [2.05, 4.69) is 10.5 Å². The van der Waals surface area contributed by atoms with Gasteiger partial charge in [-0.25, -0.2) is 4.79 Å². The van der Waals surface area contributed by atoms with E-state index in [9.17, 15) is 9.59 Å². The summed E-state index contributed by atoms with van der Waals surface area (Å²) in [5, 5.41) is 15.0. The molecule has 0 bridgehead atoms. The number of carboxylic acids is 1. The third-order valence-corrected chi connectivity index (χ3v) is 2.92. The average Bonchev–Trinajstić information content (AvgIpc) is 2.88. The van der Waals surface area contributed by atoms with Crippen LogP contribution in [0.5, 0.6) is 5.75 Å². The summed E-state index contributed by atoms with van der Waals surface area (Å²) < 4.78 is 4.99.